The van der Waals surface area contributed by atoms with Gasteiger partial charge in [-0.3, -0.25) is 4.79 Å². The maximum absolute atomic E-state index is 11.3. The van der Waals surface area contributed by atoms with Crippen LogP contribution >= 0.6 is 0 Å². The van der Waals surface area contributed by atoms with Crippen molar-refractivity contribution in [1.29, 1.82) is 0 Å². The Bertz CT molecular complexity index is 1030. The normalized spacial score (nSPS) is 11.6. The second kappa shape index (κ2) is 9.14. The number of aliphatic hydroxyl groups is 2. The van der Waals surface area contributed by atoms with E-state index in [1.807, 2.05) is 55.5 Å². The van der Waals surface area contributed by atoms with Gasteiger partial charge in [-0.15, -0.1) is 0 Å². The lowest BCUT2D eigenvalue weighted by molar-refractivity contribution is -0.115. The number of aliphatic hydroxyl groups excluding tert-OH is 1. The van der Waals surface area contributed by atoms with Gasteiger partial charge in [-0.1, -0.05) is 54.6 Å². The third-order valence-corrected chi connectivity index (χ3v) is 4.34. The van der Waals surface area contributed by atoms with E-state index in [9.17, 15) is 4.79 Å². The second-order valence-electron chi connectivity index (χ2n) is 6.51. The summed E-state index contributed by atoms with van der Waals surface area (Å²) in [6.45, 7) is 1.91. The number of benzene rings is 2. The van der Waals surface area contributed by atoms with E-state index in [4.69, 9.17) is 10.2 Å². The Hall–Kier alpha value is -3.48. The average Bonchev–Trinajstić information content (AvgIpc) is 3.12. The molecule has 0 atom stereocenters. The lowest BCUT2D eigenvalue weighted by atomic mass is 10.0. The van der Waals surface area contributed by atoms with E-state index in [0.29, 0.717) is 0 Å². The standard InChI is InChI=1S/C23H23N3O3/c1-15-25-22(18-9-3-16(4-10-18)7-13-20(27)24-2)23(26-15)19-11-5-17(6-12-19)8-14-21(28)29/h3-14,21,28-29H,1-2H3,(H,24,27)(H,25,26)/b13-7+,14-8+. The van der Waals surface area contributed by atoms with Gasteiger partial charge in [-0.05, 0) is 30.2 Å². The van der Waals surface area contributed by atoms with Crippen LogP contribution in [0.1, 0.15) is 17.0 Å². The SMILES string of the molecule is CNC(=O)/C=C/c1ccc(-c2nc(C)[nH]c2-c2ccc(/C=C/C(O)O)cc2)cc1. The molecule has 0 saturated carbocycles. The molecular weight excluding hydrogens is 366 g/mol. The highest BCUT2D eigenvalue weighted by molar-refractivity contribution is 5.91. The number of amides is 1. The Morgan fingerprint density at radius 2 is 1.59 bits per heavy atom. The predicted molar refractivity (Wildman–Crippen MR) is 115 cm³/mol. The number of aryl methyl sites for hydroxylation is 1. The zero-order valence-corrected chi connectivity index (χ0v) is 16.3. The number of nitrogens with zero attached hydrogens (tertiary/aromatic N) is 1. The summed E-state index contributed by atoms with van der Waals surface area (Å²) in [5, 5.41) is 20.4. The topological polar surface area (TPSA) is 98.2 Å². The molecule has 3 aromatic rings. The third-order valence-electron chi connectivity index (χ3n) is 4.34. The molecule has 1 amide bonds. The minimum absolute atomic E-state index is 0.147. The van der Waals surface area contributed by atoms with Crippen LogP contribution in [0.2, 0.25) is 0 Å². The zero-order chi connectivity index (χ0) is 20.8. The van der Waals surface area contributed by atoms with Crippen LogP contribution in [0.3, 0.4) is 0 Å². The predicted octanol–water partition coefficient (Wildman–Crippen LogP) is 3.14. The molecule has 3 rings (SSSR count). The van der Waals surface area contributed by atoms with Gasteiger partial charge in [0.1, 0.15) is 5.82 Å². The molecule has 6 nitrogen and oxygen atoms in total. The first kappa shape index (κ1) is 20.3. The van der Waals surface area contributed by atoms with E-state index >= 15 is 0 Å². The summed E-state index contributed by atoms with van der Waals surface area (Å²) in [7, 11) is 1.59. The fourth-order valence-electron chi connectivity index (χ4n) is 2.87. The smallest absolute Gasteiger partial charge is 0.243 e. The number of aromatic nitrogens is 2. The van der Waals surface area contributed by atoms with Crippen molar-refractivity contribution in [2.45, 2.75) is 13.2 Å². The number of carbonyl (C=O) groups is 1. The van der Waals surface area contributed by atoms with E-state index in [-0.39, 0.29) is 5.91 Å². The first-order chi connectivity index (χ1) is 14.0. The second-order valence-corrected chi connectivity index (χ2v) is 6.51. The van der Waals surface area contributed by atoms with Crippen molar-refractivity contribution in [1.82, 2.24) is 15.3 Å². The Labute approximate surface area is 169 Å². The molecule has 0 radical (unpaired) electrons. The molecular formula is C23H23N3O3. The number of hydrogen-bond donors (Lipinski definition) is 4. The molecule has 1 heterocycles. The minimum atomic E-state index is -1.47. The summed E-state index contributed by atoms with van der Waals surface area (Å²) in [6.07, 6.45) is 4.74. The fraction of sp³-hybridized carbons (Fsp3) is 0.130. The highest BCUT2D eigenvalue weighted by atomic mass is 16.5. The van der Waals surface area contributed by atoms with Gasteiger partial charge in [0.25, 0.3) is 0 Å². The first-order valence-corrected chi connectivity index (χ1v) is 9.18. The monoisotopic (exact) mass is 389 g/mol. The van der Waals surface area contributed by atoms with Crippen LogP contribution in [0, 0.1) is 6.92 Å². The van der Waals surface area contributed by atoms with Crippen LogP contribution in [-0.2, 0) is 4.79 Å². The van der Waals surface area contributed by atoms with Crippen LogP contribution in [0.25, 0.3) is 34.7 Å². The van der Waals surface area contributed by atoms with Gasteiger partial charge in [0.15, 0.2) is 6.29 Å². The molecule has 2 aromatic carbocycles. The summed E-state index contributed by atoms with van der Waals surface area (Å²) in [6, 6.07) is 15.6. The van der Waals surface area contributed by atoms with Crippen molar-refractivity contribution in [3.63, 3.8) is 0 Å². The van der Waals surface area contributed by atoms with Gasteiger partial charge in [0, 0.05) is 24.3 Å². The largest absolute Gasteiger partial charge is 0.365 e. The van der Waals surface area contributed by atoms with Crippen molar-refractivity contribution in [2.24, 2.45) is 0 Å². The zero-order valence-electron chi connectivity index (χ0n) is 16.3. The van der Waals surface area contributed by atoms with E-state index < -0.39 is 6.29 Å². The van der Waals surface area contributed by atoms with Crippen LogP contribution in [-0.4, -0.2) is 39.4 Å². The Morgan fingerprint density at radius 1 is 1.00 bits per heavy atom. The molecule has 0 aliphatic carbocycles. The van der Waals surface area contributed by atoms with Gasteiger partial charge >= 0.3 is 0 Å². The highest BCUT2D eigenvalue weighted by Crippen LogP contribution is 2.30. The van der Waals surface area contributed by atoms with Crippen molar-refractivity contribution >= 4 is 18.1 Å². The summed E-state index contributed by atoms with van der Waals surface area (Å²) >= 11 is 0. The molecule has 29 heavy (non-hydrogen) atoms. The number of aromatic amines is 1. The van der Waals surface area contributed by atoms with E-state index in [1.165, 1.54) is 12.2 Å². The quantitative estimate of drug-likeness (QED) is 0.385. The number of imidazole rings is 1. The molecule has 148 valence electrons. The van der Waals surface area contributed by atoms with Crippen LogP contribution in [0.5, 0.6) is 0 Å². The van der Waals surface area contributed by atoms with Gasteiger partial charge in [-0.2, -0.15) is 0 Å². The van der Waals surface area contributed by atoms with Crippen molar-refractivity contribution in [3.8, 4) is 22.5 Å². The first-order valence-electron chi connectivity index (χ1n) is 9.18. The lowest BCUT2D eigenvalue weighted by Crippen LogP contribution is -2.13. The summed E-state index contributed by atoms with van der Waals surface area (Å²) < 4.78 is 0. The Balaban J connectivity index is 1.87. The molecule has 0 aliphatic rings. The van der Waals surface area contributed by atoms with E-state index in [1.54, 1.807) is 19.2 Å². The molecule has 6 heteroatoms. The molecule has 0 spiro atoms. The average molecular weight is 389 g/mol. The summed E-state index contributed by atoms with van der Waals surface area (Å²) in [5.74, 6) is 0.664. The van der Waals surface area contributed by atoms with E-state index in [0.717, 1.165) is 39.5 Å². The number of likely N-dealkylation sites (N-methyl/N-ethyl adjacent to an activating group) is 1. The number of hydrogen-bond acceptors (Lipinski definition) is 4. The maximum atomic E-state index is 11.3. The maximum Gasteiger partial charge on any atom is 0.243 e. The molecule has 0 fully saturated rings. The van der Waals surface area contributed by atoms with Gasteiger partial charge in [-0.25, -0.2) is 4.98 Å². The molecule has 0 aliphatic heterocycles. The summed E-state index contributed by atoms with van der Waals surface area (Å²) in [5.41, 5.74) is 5.49. The molecule has 1 aromatic heterocycles. The highest BCUT2D eigenvalue weighted by Gasteiger charge is 2.12. The van der Waals surface area contributed by atoms with Gasteiger partial charge < -0.3 is 20.5 Å². The third kappa shape index (κ3) is 5.28. The molecule has 0 saturated heterocycles. The fourth-order valence-corrected chi connectivity index (χ4v) is 2.87. The van der Waals surface area contributed by atoms with Crippen molar-refractivity contribution in [2.75, 3.05) is 7.05 Å². The molecule has 4 N–H and O–H groups in total. The Kier molecular flexibility index (Phi) is 6.39. The Morgan fingerprint density at radius 3 is 2.17 bits per heavy atom. The van der Waals surface area contributed by atoms with Crippen molar-refractivity contribution in [3.05, 3.63) is 77.6 Å². The number of nitrogens with one attached hydrogen (secondary N) is 2. The molecule has 0 unspecified atom stereocenters. The number of rotatable bonds is 6. The number of H-pyrrole nitrogens is 1. The minimum Gasteiger partial charge on any atom is -0.365 e. The van der Waals surface area contributed by atoms with Crippen LogP contribution in [0.4, 0.5) is 0 Å². The van der Waals surface area contributed by atoms with E-state index in [2.05, 4.69) is 15.3 Å². The lowest BCUT2D eigenvalue weighted by Gasteiger charge is -2.05. The van der Waals surface area contributed by atoms with Crippen LogP contribution < -0.4 is 5.32 Å². The van der Waals surface area contributed by atoms with Gasteiger partial charge in [0.2, 0.25) is 5.91 Å². The van der Waals surface area contributed by atoms with Crippen molar-refractivity contribution < 1.29 is 15.0 Å². The van der Waals surface area contributed by atoms with Crippen LogP contribution in [0.15, 0.2) is 60.7 Å². The molecule has 0 bridgehead atoms. The van der Waals surface area contributed by atoms with Gasteiger partial charge in [0.05, 0.1) is 11.4 Å². The summed E-state index contributed by atoms with van der Waals surface area (Å²) in [4.78, 5) is 19.3. The number of carbonyl (C=O) groups excluding carboxylic acids is 1.